The summed E-state index contributed by atoms with van der Waals surface area (Å²) in [5.41, 5.74) is 1.06. The van der Waals surface area contributed by atoms with Gasteiger partial charge in [0, 0.05) is 13.1 Å². The molecule has 1 saturated heterocycles. The van der Waals surface area contributed by atoms with Gasteiger partial charge >= 0.3 is 0 Å². The van der Waals surface area contributed by atoms with Crippen LogP contribution in [0.25, 0.3) is 0 Å². The highest BCUT2D eigenvalue weighted by Gasteiger charge is 2.23. The van der Waals surface area contributed by atoms with Gasteiger partial charge in [-0.2, -0.15) is 0 Å². The molecule has 0 aromatic heterocycles. The Hall–Kier alpha value is -0.910. The minimum Gasteiger partial charge on any atom is -0.375 e. The van der Waals surface area contributed by atoms with Crippen LogP contribution in [-0.2, 0) is 14.6 Å². The number of morpholine rings is 1. The Labute approximate surface area is 102 Å². The molecule has 4 nitrogen and oxygen atoms in total. The van der Waals surface area contributed by atoms with Gasteiger partial charge in [-0.3, -0.25) is 0 Å². The maximum Gasteiger partial charge on any atom is 0.180 e. The topological polar surface area (TPSA) is 55.4 Å². The molecule has 1 atom stereocenters. The lowest BCUT2D eigenvalue weighted by atomic mass is 10.2. The maximum absolute atomic E-state index is 12.1. The van der Waals surface area contributed by atoms with Crippen LogP contribution in [0.15, 0.2) is 29.2 Å². The molecule has 1 heterocycles. The van der Waals surface area contributed by atoms with Crippen molar-refractivity contribution < 1.29 is 13.2 Å². The summed E-state index contributed by atoms with van der Waals surface area (Å²) >= 11 is 0. The van der Waals surface area contributed by atoms with E-state index in [-0.39, 0.29) is 11.9 Å². The van der Waals surface area contributed by atoms with Crippen LogP contribution in [-0.4, -0.2) is 40.0 Å². The molecule has 1 aromatic carbocycles. The van der Waals surface area contributed by atoms with Crippen LogP contribution in [0.5, 0.6) is 0 Å². The smallest absolute Gasteiger partial charge is 0.180 e. The minimum absolute atomic E-state index is 0.0447. The first-order valence-corrected chi connectivity index (χ1v) is 7.35. The van der Waals surface area contributed by atoms with Crippen molar-refractivity contribution in [3.05, 3.63) is 29.8 Å². The molecule has 0 radical (unpaired) electrons. The van der Waals surface area contributed by atoms with E-state index in [1.807, 2.05) is 19.1 Å². The summed E-state index contributed by atoms with van der Waals surface area (Å²) in [5.74, 6) is 0.0447. The monoisotopic (exact) mass is 255 g/mol. The number of hydrogen-bond donors (Lipinski definition) is 1. The molecule has 2 rings (SSSR count). The van der Waals surface area contributed by atoms with Gasteiger partial charge in [0.05, 0.1) is 23.4 Å². The predicted octanol–water partition coefficient (Wildman–Crippen LogP) is 0.757. The van der Waals surface area contributed by atoms with E-state index in [0.29, 0.717) is 18.0 Å². The van der Waals surface area contributed by atoms with E-state index in [1.54, 1.807) is 12.1 Å². The van der Waals surface area contributed by atoms with Crippen LogP contribution in [0.2, 0.25) is 0 Å². The van der Waals surface area contributed by atoms with Gasteiger partial charge < -0.3 is 10.1 Å². The quantitative estimate of drug-likeness (QED) is 0.866. The molecule has 17 heavy (non-hydrogen) atoms. The SMILES string of the molecule is Cc1ccc(S(=O)(=O)C[C@@H]2CNCCO2)cc1. The number of aryl methyl sites for hydroxylation is 1. The largest absolute Gasteiger partial charge is 0.375 e. The summed E-state index contributed by atoms with van der Waals surface area (Å²) in [6.07, 6.45) is -0.241. The average Bonchev–Trinajstić information content (AvgIpc) is 2.30. The molecule has 0 saturated carbocycles. The molecule has 0 unspecified atom stereocenters. The summed E-state index contributed by atoms with van der Waals surface area (Å²) < 4.78 is 29.6. The van der Waals surface area contributed by atoms with Crippen molar-refractivity contribution >= 4 is 9.84 Å². The molecule has 1 fully saturated rings. The summed E-state index contributed by atoms with van der Waals surface area (Å²) in [4.78, 5) is 0.372. The Morgan fingerprint density at radius 1 is 1.35 bits per heavy atom. The van der Waals surface area contributed by atoms with Gasteiger partial charge in [-0.1, -0.05) is 17.7 Å². The van der Waals surface area contributed by atoms with Crippen molar-refractivity contribution in [3.63, 3.8) is 0 Å². The number of benzene rings is 1. The minimum atomic E-state index is -3.24. The van der Waals surface area contributed by atoms with Crippen LogP contribution in [0.4, 0.5) is 0 Å². The molecular formula is C12H17NO3S. The summed E-state index contributed by atoms with van der Waals surface area (Å²) in [7, 11) is -3.24. The molecule has 0 bridgehead atoms. The van der Waals surface area contributed by atoms with E-state index in [4.69, 9.17) is 4.74 Å². The third kappa shape index (κ3) is 3.28. The molecule has 1 aliphatic heterocycles. The molecule has 0 spiro atoms. The highest BCUT2D eigenvalue weighted by molar-refractivity contribution is 7.91. The second-order valence-electron chi connectivity index (χ2n) is 4.29. The number of ether oxygens (including phenoxy) is 1. The molecule has 94 valence electrons. The number of nitrogens with one attached hydrogen (secondary N) is 1. The zero-order valence-corrected chi connectivity index (χ0v) is 10.7. The Balaban J connectivity index is 2.10. The van der Waals surface area contributed by atoms with Crippen molar-refractivity contribution in [2.75, 3.05) is 25.4 Å². The van der Waals surface area contributed by atoms with Crippen LogP contribution in [0, 0.1) is 6.92 Å². The van der Waals surface area contributed by atoms with Gasteiger partial charge in [-0.25, -0.2) is 8.42 Å². The van der Waals surface area contributed by atoms with Crippen LogP contribution >= 0.6 is 0 Å². The predicted molar refractivity (Wildman–Crippen MR) is 65.8 cm³/mol. The molecule has 0 amide bonds. The number of hydrogen-bond acceptors (Lipinski definition) is 4. The van der Waals surface area contributed by atoms with Gasteiger partial charge in [0.25, 0.3) is 0 Å². The molecule has 0 aliphatic carbocycles. The lowest BCUT2D eigenvalue weighted by Crippen LogP contribution is -2.42. The fourth-order valence-electron chi connectivity index (χ4n) is 1.81. The molecule has 1 aromatic rings. The molecule has 1 aliphatic rings. The number of rotatable bonds is 3. The van der Waals surface area contributed by atoms with Crippen LogP contribution < -0.4 is 5.32 Å². The highest BCUT2D eigenvalue weighted by atomic mass is 32.2. The van der Waals surface area contributed by atoms with Crippen molar-refractivity contribution in [2.24, 2.45) is 0 Å². The third-order valence-corrected chi connectivity index (χ3v) is 4.59. The fourth-order valence-corrected chi connectivity index (χ4v) is 3.26. The average molecular weight is 255 g/mol. The summed E-state index contributed by atoms with van der Waals surface area (Å²) in [6, 6.07) is 6.93. The van der Waals surface area contributed by atoms with Gasteiger partial charge in [0.1, 0.15) is 0 Å². The highest BCUT2D eigenvalue weighted by Crippen LogP contribution is 2.14. The Morgan fingerprint density at radius 3 is 2.65 bits per heavy atom. The Bertz CT molecular complexity index is 461. The first-order valence-electron chi connectivity index (χ1n) is 5.70. The summed E-state index contributed by atoms with van der Waals surface area (Å²) in [5, 5.41) is 3.13. The standard InChI is InChI=1S/C12H17NO3S/c1-10-2-4-12(5-3-10)17(14,15)9-11-8-13-6-7-16-11/h2-5,11,13H,6-9H2,1H3/t11-/m0/s1. The van der Waals surface area contributed by atoms with Crippen molar-refractivity contribution in [1.29, 1.82) is 0 Å². The van der Waals surface area contributed by atoms with E-state index in [0.717, 1.165) is 12.1 Å². The van der Waals surface area contributed by atoms with Crippen molar-refractivity contribution in [3.8, 4) is 0 Å². The van der Waals surface area contributed by atoms with Gasteiger partial charge in [0.2, 0.25) is 0 Å². The second-order valence-corrected chi connectivity index (χ2v) is 6.33. The lowest BCUT2D eigenvalue weighted by Gasteiger charge is -2.23. The first-order chi connectivity index (χ1) is 8.08. The van der Waals surface area contributed by atoms with Crippen molar-refractivity contribution in [2.45, 2.75) is 17.9 Å². The zero-order chi connectivity index (χ0) is 12.3. The second kappa shape index (κ2) is 5.16. The lowest BCUT2D eigenvalue weighted by molar-refractivity contribution is 0.0430. The Kier molecular flexibility index (Phi) is 3.81. The summed E-state index contributed by atoms with van der Waals surface area (Å²) in [6.45, 7) is 3.91. The van der Waals surface area contributed by atoms with Gasteiger partial charge in [-0.05, 0) is 19.1 Å². The fraction of sp³-hybridized carbons (Fsp3) is 0.500. The van der Waals surface area contributed by atoms with Crippen molar-refractivity contribution in [1.82, 2.24) is 5.32 Å². The van der Waals surface area contributed by atoms with Gasteiger partial charge in [-0.15, -0.1) is 0 Å². The maximum atomic E-state index is 12.1. The van der Waals surface area contributed by atoms with E-state index < -0.39 is 9.84 Å². The van der Waals surface area contributed by atoms with E-state index >= 15 is 0 Å². The van der Waals surface area contributed by atoms with Crippen LogP contribution in [0.1, 0.15) is 5.56 Å². The molecular weight excluding hydrogens is 238 g/mol. The molecule has 1 N–H and O–H groups in total. The first kappa shape index (κ1) is 12.5. The van der Waals surface area contributed by atoms with Gasteiger partial charge in [0.15, 0.2) is 9.84 Å². The van der Waals surface area contributed by atoms with E-state index in [9.17, 15) is 8.42 Å². The number of sulfone groups is 1. The van der Waals surface area contributed by atoms with E-state index in [1.165, 1.54) is 0 Å². The molecule has 5 heteroatoms. The normalized spacial score (nSPS) is 21.4. The third-order valence-electron chi connectivity index (χ3n) is 2.79. The van der Waals surface area contributed by atoms with Crippen LogP contribution in [0.3, 0.4) is 0 Å². The zero-order valence-electron chi connectivity index (χ0n) is 9.85. The van der Waals surface area contributed by atoms with E-state index in [2.05, 4.69) is 5.32 Å². The Morgan fingerprint density at radius 2 is 2.06 bits per heavy atom.